The summed E-state index contributed by atoms with van der Waals surface area (Å²) in [4.78, 5) is 0. The average Bonchev–Trinajstić information content (AvgIpc) is 2.41. The third kappa shape index (κ3) is 5.41. The highest BCUT2D eigenvalue weighted by molar-refractivity contribution is 5.44. The topological polar surface area (TPSA) is 38.7 Å². The van der Waals surface area contributed by atoms with E-state index < -0.39 is 0 Å². The molecule has 0 aliphatic heterocycles. The lowest BCUT2D eigenvalue weighted by Crippen LogP contribution is -2.14. The summed E-state index contributed by atoms with van der Waals surface area (Å²) in [5.74, 6) is 1.81. The van der Waals surface area contributed by atoms with Gasteiger partial charge in [-0.1, -0.05) is 27.2 Å². The maximum absolute atomic E-state index is 8.73. The minimum absolute atomic E-state index is 0.0285. The normalized spacial score (nSPS) is 11.4. The SMILES string of the molecule is COc1ccc(OCCCCCCO)c(C(C)(C)C)c1. The van der Waals surface area contributed by atoms with Crippen LogP contribution in [0.25, 0.3) is 0 Å². The molecule has 114 valence electrons. The van der Waals surface area contributed by atoms with E-state index in [0.717, 1.165) is 43.8 Å². The van der Waals surface area contributed by atoms with Gasteiger partial charge in [-0.15, -0.1) is 0 Å². The van der Waals surface area contributed by atoms with Crippen molar-refractivity contribution in [3.63, 3.8) is 0 Å². The van der Waals surface area contributed by atoms with Crippen LogP contribution in [0.2, 0.25) is 0 Å². The molecule has 1 aromatic carbocycles. The molecule has 0 aromatic heterocycles. The van der Waals surface area contributed by atoms with Crippen molar-refractivity contribution in [2.75, 3.05) is 20.3 Å². The van der Waals surface area contributed by atoms with Crippen molar-refractivity contribution in [3.8, 4) is 11.5 Å². The zero-order valence-corrected chi connectivity index (χ0v) is 13.2. The molecule has 0 radical (unpaired) electrons. The molecular weight excluding hydrogens is 252 g/mol. The van der Waals surface area contributed by atoms with Crippen LogP contribution in [0.1, 0.15) is 52.0 Å². The van der Waals surface area contributed by atoms with Crippen molar-refractivity contribution in [1.29, 1.82) is 0 Å². The van der Waals surface area contributed by atoms with Crippen molar-refractivity contribution in [2.45, 2.75) is 51.9 Å². The summed E-state index contributed by atoms with van der Waals surface area (Å²) in [5, 5.41) is 8.73. The minimum atomic E-state index is 0.0285. The first kappa shape index (κ1) is 16.8. The van der Waals surface area contributed by atoms with E-state index in [1.165, 1.54) is 5.56 Å². The quantitative estimate of drug-likeness (QED) is 0.733. The third-order valence-corrected chi connectivity index (χ3v) is 3.30. The summed E-state index contributed by atoms with van der Waals surface area (Å²) in [6.07, 6.45) is 4.07. The standard InChI is InChI=1S/C17H28O3/c1-17(2,3)15-13-14(19-4)9-10-16(15)20-12-8-6-5-7-11-18/h9-10,13,18H,5-8,11-12H2,1-4H3. The van der Waals surface area contributed by atoms with E-state index in [9.17, 15) is 0 Å². The Bertz CT molecular complexity index is 394. The van der Waals surface area contributed by atoms with Gasteiger partial charge < -0.3 is 14.6 Å². The molecule has 1 N–H and O–H groups in total. The first-order valence-corrected chi connectivity index (χ1v) is 7.41. The molecule has 0 amide bonds. The number of rotatable bonds is 8. The van der Waals surface area contributed by atoms with Gasteiger partial charge in [-0.3, -0.25) is 0 Å². The summed E-state index contributed by atoms with van der Waals surface area (Å²) < 4.78 is 11.2. The van der Waals surface area contributed by atoms with E-state index in [1.807, 2.05) is 12.1 Å². The molecule has 0 aliphatic rings. The van der Waals surface area contributed by atoms with Crippen molar-refractivity contribution in [3.05, 3.63) is 23.8 Å². The Morgan fingerprint density at radius 3 is 2.35 bits per heavy atom. The number of aliphatic hydroxyl groups is 1. The Morgan fingerprint density at radius 2 is 1.75 bits per heavy atom. The van der Waals surface area contributed by atoms with Gasteiger partial charge in [0.2, 0.25) is 0 Å². The van der Waals surface area contributed by atoms with Gasteiger partial charge in [0, 0.05) is 12.2 Å². The first-order chi connectivity index (χ1) is 9.49. The summed E-state index contributed by atoms with van der Waals surface area (Å²) in [5.41, 5.74) is 1.20. The van der Waals surface area contributed by atoms with E-state index in [1.54, 1.807) is 7.11 Å². The second-order valence-corrected chi connectivity index (χ2v) is 6.10. The van der Waals surface area contributed by atoms with Gasteiger partial charge in [0.25, 0.3) is 0 Å². The molecule has 0 spiro atoms. The molecule has 0 saturated carbocycles. The predicted octanol–water partition coefficient (Wildman–Crippen LogP) is 3.92. The smallest absolute Gasteiger partial charge is 0.123 e. The highest BCUT2D eigenvalue weighted by Crippen LogP contribution is 2.34. The van der Waals surface area contributed by atoms with Gasteiger partial charge in [-0.2, -0.15) is 0 Å². The number of ether oxygens (including phenoxy) is 2. The average molecular weight is 280 g/mol. The van der Waals surface area contributed by atoms with Gasteiger partial charge >= 0.3 is 0 Å². The summed E-state index contributed by atoms with van der Waals surface area (Å²) >= 11 is 0. The Balaban J connectivity index is 2.60. The van der Waals surface area contributed by atoms with Gasteiger partial charge in [-0.25, -0.2) is 0 Å². The fourth-order valence-corrected chi connectivity index (χ4v) is 2.10. The van der Waals surface area contributed by atoms with Crippen molar-refractivity contribution < 1.29 is 14.6 Å². The van der Waals surface area contributed by atoms with E-state index in [2.05, 4.69) is 26.8 Å². The van der Waals surface area contributed by atoms with Crippen LogP contribution in [0.4, 0.5) is 0 Å². The number of benzene rings is 1. The number of unbranched alkanes of at least 4 members (excludes halogenated alkanes) is 3. The van der Waals surface area contributed by atoms with Crippen molar-refractivity contribution in [2.24, 2.45) is 0 Å². The Hall–Kier alpha value is -1.22. The molecule has 0 heterocycles. The van der Waals surface area contributed by atoms with E-state index in [-0.39, 0.29) is 12.0 Å². The summed E-state index contributed by atoms with van der Waals surface area (Å²) in [6.45, 7) is 7.54. The zero-order chi connectivity index (χ0) is 15.0. The number of aliphatic hydroxyl groups excluding tert-OH is 1. The van der Waals surface area contributed by atoms with Crippen LogP contribution in [0, 0.1) is 0 Å². The Labute approximate surface area is 122 Å². The molecule has 0 saturated heterocycles. The first-order valence-electron chi connectivity index (χ1n) is 7.41. The molecule has 3 nitrogen and oxygen atoms in total. The highest BCUT2D eigenvalue weighted by Gasteiger charge is 2.19. The van der Waals surface area contributed by atoms with Gasteiger partial charge in [-0.05, 0) is 42.9 Å². The van der Waals surface area contributed by atoms with Crippen molar-refractivity contribution in [1.82, 2.24) is 0 Å². The van der Waals surface area contributed by atoms with Crippen LogP contribution in [0.15, 0.2) is 18.2 Å². The molecule has 0 aliphatic carbocycles. The lowest BCUT2D eigenvalue weighted by Gasteiger charge is -2.23. The van der Waals surface area contributed by atoms with Gasteiger partial charge in [0.05, 0.1) is 13.7 Å². The van der Waals surface area contributed by atoms with Crippen LogP contribution in [0.5, 0.6) is 11.5 Å². The summed E-state index contributed by atoms with van der Waals surface area (Å²) in [7, 11) is 1.68. The molecule has 0 fully saturated rings. The van der Waals surface area contributed by atoms with Crippen LogP contribution in [-0.4, -0.2) is 25.4 Å². The minimum Gasteiger partial charge on any atom is -0.497 e. The molecule has 0 unspecified atom stereocenters. The predicted molar refractivity (Wildman–Crippen MR) is 82.7 cm³/mol. The molecule has 0 atom stereocenters. The molecule has 1 rings (SSSR count). The molecular formula is C17H28O3. The highest BCUT2D eigenvalue weighted by atomic mass is 16.5. The third-order valence-electron chi connectivity index (χ3n) is 3.30. The molecule has 0 bridgehead atoms. The number of hydrogen-bond acceptors (Lipinski definition) is 3. The van der Waals surface area contributed by atoms with Gasteiger partial charge in [0.15, 0.2) is 0 Å². The maximum Gasteiger partial charge on any atom is 0.123 e. The molecule has 1 aromatic rings. The van der Waals surface area contributed by atoms with E-state index >= 15 is 0 Å². The van der Waals surface area contributed by atoms with Crippen LogP contribution in [0.3, 0.4) is 0 Å². The zero-order valence-electron chi connectivity index (χ0n) is 13.2. The lowest BCUT2D eigenvalue weighted by molar-refractivity contribution is 0.271. The largest absolute Gasteiger partial charge is 0.497 e. The Kier molecular flexibility index (Phi) is 6.86. The Morgan fingerprint density at radius 1 is 1.05 bits per heavy atom. The monoisotopic (exact) mass is 280 g/mol. The fourth-order valence-electron chi connectivity index (χ4n) is 2.10. The summed E-state index contributed by atoms with van der Waals surface area (Å²) in [6, 6.07) is 5.99. The fraction of sp³-hybridized carbons (Fsp3) is 0.647. The second-order valence-electron chi connectivity index (χ2n) is 6.10. The van der Waals surface area contributed by atoms with E-state index in [0.29, 0.717) is 0 Å². The van der Waals surface area contributed by atoms with Crippen LogP contribution in [-0.2, 0) is 5.41 Å². The van der Waals surface area contributed by atoms with Crippen molar-refractivity contribution >= 4 is 0 Å². The number of methoxy groups -OCH3 is 1. The molecule has 20 heavy (non-hydrogen) atoms. The van der Waals surface area contributed by atoms with Crippen LogP contribution < -0.4 is 9.47 Å². The lowest BCUT2D eigenvalue weighted by atomic mass is 9.86. The maximum atomic E-state index is 8.73. The second kappa shape index (κ2) is 8.15. The van der Waals surface area contributed by atoms with Crippen LogP contribution >= 0.6 is 0 Å². The molecule has 3 heteroatoms. The number of hydrogen-bond donors (Lipinski definition) is 1. The van der Waals surface area contributed by atoms with Gasteiger partial charge in [0.1, 0.15) is 11.5 Å². The van der Waals surface area contributed by atoms with E-state index in [4.69, 9.17) is 14.6 Å².